The number of aryl methyl sites for hydroxylation is 2. The van der Waals surface area contributed by atoms with Crippen molar-refractivity contribution in [2.45, 2.75) is 33.3 Å². The number of carbonyl (C=O) groups excluding carboxylic acids is 3. The van der Waals surface area contributed by atoms with Crippen LogP contribution in [-0.2, 0) is 14.4 Å². The Hall–Kier alpha value is -4.24. The lowest BCUT2D eigenvalue weighted by Gasteiger charge is -2.20. The van der Waals surface area contributed by atoms with Crippen LogP contribution in [0.15, 0.2) is 70.7 Å². The number of rotatable bonds is 8. The zero-order valence-corrected chi connectivity index (χ0v) is 21.9. The topological polar surface area (TPSA) is 91.3 Å². The maximum atomic E-state index is 13.0. The zero-order valence-electron chi connectivity index (χ0n) is 21.1. The molecule has 0 radical (unpaired) electrons. The molecule has 0 spiro atoms. The third-order valence-electron chi connectivity index (χ3n) is 5.83. The van der Waals surface area contributed by atoms with E-state index in [4.69, 9.17) is 4.74 Å². The lowest BCUT2D eigenvalue weighted by molar-refractivity contribution is -0.124. The fraction of sp³-hybridized carbons (Fsp3) is 0.214. The van der Waals surface area contributed by atoms with Gasteiger partial charge in [-0.05, 0) is 67.6 Å². The number of amidine groups is 1. The van der Waals surface area contributed by atoms with Crippen LogP contribution in [0.25, 0.3) is 6.08 Å². The van der Waals surface area contributed by atoms with Gasteiger partial charge in [0, 0.05) is 17.6 Å². The minimum absolute atomic E-state index is 0.212. The minimum atomic E-state index is -0.696. The molecule has 37 heavy (non-hydrogen) atoms. The summed E-state index contributed by atoms with van der Waals surface area (Å²) in [7, 11) is 1.54. The van der Waals surface area contributed by atoms with Crippen LogP contribution in [0.5, 0.6) is 5.75 Å². The van der Waals surface area contributed by atoms with Gasteiger partial charge in [-0.1, -0.05) is 36.8 Å². The highest BCUT2D eigenvalue weighted by molar-refractivity contribution is 7.10. The standard InChI is InChI=1S/C28H28N4O4S/c1-5-24(36-25-12-11-18(2)14-19(25)3)27(34)29-20-8-6-9-21(15-20)32(17-33)26-23(28(35)31(4)30-26)16-22-10-7-13-37-22/h6-17,24H,5H2,1-4H3,(H,29,34)/b23-16-. The van der Waals surface area contributed by atoms with Crippen molar-refractivity contribution in [1.29, 1.82) is 0 Å². The third-order valence-corrected chi connectivity index (χ3v) is 6.65. The molecule has 1 aromatic heterocycles. The van der Waals surface area contributed by atoms with E-state index in [0.29, 0.717) is 35.5 Å². The fourth-order valence-electron chi connectivity index (χ4n) is 3.93. The van der Waals surface area contributed by atoms with Gasteiger partial charge in [0.1, 0.15) is 5.75 Å². The largest absolute Gasteiger partial charge is 0.480 e. The van der Waals surface area contributed by atoms with Crippen molar-refractivity contribution in [2.75, 3.05) is 17.3 Å². The Bertz CT molecular complexity index is 1380. The molecule has 2 heterocycles. The minimum Gasteiger partial charge on any atom is -0.480 e. The van der Waals surface area contributed by atoms with Crippen molar-refractivity contribution < 1.29 is 19.1 Å². The number of hydrogen-bond acceptors (Lipinski definition) is 6. The van der Waals surface area contributed by atoms with Crippen molar-refractivity contribution in [3.8, 4) is 5.75 Å². The molecule has 0 fully saturated rings. The van der Waals surface area contributed by atoms with E-state index < -0.39 is 6.10 Å². The van der Waals surface area contributed by atoms with Crippen molar-refractivity contribution in [3.05, 3.63) is 81.6 Å². The summed E-state index contributed by atoms with van der Waals surface area (Å²) in [6.45, 7) is 5.83. The molecule has 0 saturated carbocycles. The molecule has 0 bridgehead atoms. The van der Waals surface area contributed by atoms with Crippen molar-refractivity contribution >= 4 is 52.8 Å². The molecular weight excluding hydrogens is 488 g/mol. The Morgan fingerprint density at radius 1 is 1.19 bits per heavy atom. The van der Waals surface area contributed by atoms with Crippen molar-refractivity contribution in [1.82, 2.24) is 5.01 Å². The first-order valence-corrected chi connectivity index (χ1v) is 12.7. The van der Waals surface area contributed by atoms with Crippen LogP contribution in [0, 0.1) is 13.8 Å². The number of thiophene rings is 1. The summed E-state index contributed by atoms with van der Waals surface area (Å²) >= 11 is 1.48. The summed E-state index contributed by atoms with van der Waals surface area (Å²) in [6.07, 6.45) is 2.10. The second-order valence-corrected chi connectivity index (χ2v) is 9.60. The van der Waals surface area contributed by atoms with Gasteiger partial charge in [-0.2, -0.15) is 5.10 Å². The number of ether oxygens (including phenoxy) is 1. The SMILES string of the molecule is CCC(Oc1ccc(C)cc1C)C(=O)Nc1cccc(N(C=O)C2=NN(C)C(=O)/C2=C\c2cccs2)c1. The highest BCUT2D eigenvalue weighted by Crippen LogP contribution is 2.27. The Kier molecular flexibility index (Phi) is 7.83. The molecular formula is C28H28N4O4S. The summed E-state index contributed by atoms with van der Waals surface area (Å²) in [5, 5.41) is 10.3. The summed E-state index contributed by atoms with van der Waals surface area (Å²) in [6, 6.07) is 16.4. The van der Waals surface area contributed by atoms with E-state index in [-0.39, 0.29) is 17.6 Å². The second kappa shape index (κ2) is 11.2. The quantitative estimate of drug-likeness (QED) is 0.337. The van der Waals surface area contributed by atoms with Crippen LogP contribution in [0.3, 0.4) is 0 Å². The van der Waals surface area contributed by atoms with Gasteiger partial charge < -0.3 is 10.1 Å². The Labute approximate surface area is 219 Å². The van der Waals surface area contributed by atoms with Gasteiger partial charge >= 0.3 is 0 Å². The number of anilines is 2. The van der Waals surface area contributed by atoms with Crippen LogP contribution in [-0.4, -0.2) is 42.2 Å². The molecule has 2 aromatic carbocycles. The van der Waals surface area contributed by atoms with Crippen LogP contribution in [0.4, 0.5) is 11.4 Å². The van der Waals surface area contributed by atoms with E-state index >= 15 is 0 Å². The number of amides is 3. The molecule has 8 nitrogen and oxygen atoms in total. The normalized spacial score (nSPS) is 14.9. The van der Waals surface area contributed by atoms with Gasteiger partial charge in [-0.25, -0.2) is 5.01 Å². The fourth-order valence-corrected chi connectivity index (χ4v) is 4.58. The second-order valence-electron chi connectivity index (χ2n) is 8.62. The van der Waals surface area contributed by atoms with E-state index in [0.717, 1.165) is 16.0 Å². The molecule has 3 aromatic rings. The van der Waals surface area contributed by atoms with E-state index in [2.05, 4.69) is 10.4 Å². The number of nitrogens with one attached hydrogen (secondary N) is 1. The predicted molar refractivity (Wildman–Crippen MR) is 147 cm³/mol. The van der Waals surface area contributed by atoms with Gasteiger partial charge in [0.15, 0.2) is 11.9 Å². The highest BCUT2D eigenvalue weighted by atomic mass is 32.1. The Morgan fingerprint density at radius 3 is 2.68 bits per heavy atom. The molecule has 9 heteroatoms. The van der Waals surface area contributed by atoms with Gasteiger partial charge in [0.05, 0.1) is 11.3 Å². The molecule has 0 saturated heterocycles. The maximum Gasteiger partial charge on any atom is 0.277 e. The molecule has 1 unspecified atom stereocenters. The van der Waals surface area contributed by atoms with E-state index in [1.807, 2.05) is 56.5 Å². The van der Waals surface area contributed by atoms with E-state index in [1.165, 1.54) is 28.3 Å². The lowest BCUT2D eigenvalue weighted by atomic mass is 10.1. The third kappa shape index (κ3) is 5.78. The van der Waals surface area contributed by atoms with Gasteiger partial charge in [-0.15, -0.1) is 11.3 Å². The lowest BCUT2D eigenvalue weighted by Crippen LogP contribution is -2.33. The first-order chi connectivity index (χ1) is 17.8. The molecule has 190 valence electrons. The van der Waals surface area contributed by atoms with E-state index in [9.17, 15) is 14.4 Å². The Morgan fingerprint density at radius 2 is 2.00 bits per heavy atom. The monoisotopic (exact) mass is 516 g/mol. The maximum absolute atomic E-state index is 13.0. The number of benzene rings is 2. The number of hydrogen-bond donors (Lipinski definition) is 1. The van der Waals surface area contributed by atoms with Crippen molar-refractivity contribution in [2.24, 2.45) is 5.10 Å². The molecule has 0 aliphatic carbocycles. The average Bonchev–Trinajstić information content (AvgIpc) is 3.48. The molecule has 1 atom stereocenters. The number of likely N-dealkylation sites (N-methyl/N-ethyl adjacent to an activating group) is 1. The van der Waals surface area contributed by atoms with Crippen LogP contribution < -0.4 is 15.0 Å². The summed E-state index contributed by atoms with van der Waals surface area (Å²) in [4.78, 5) is 40.1. The summed E-state index contributed by atoms with van der Waals surface area (Å²) < 4.78 is 6.00. The summed E-state index contributed by atoms with van der Waals surface area (Å²) in [5.41, 5.74) is 3.32. The first-order valence-electron chi connectivity index (χ1n) is 11.8. The van der Waals surface area contributed by atoms with Gasteiger partial charge in [0.25, 0.3) is 11.8 Å². The number of carbonyl (C=O) groups is 3. The number of nitrogens with zero attached hydrogens (tertiary/aromatic N) is 3. The van der Waals surface area contributed by atoms with Crippen LogP contribution >= 0.6 is 11.3 Å². The van der Waals surface area contributed by atoms with Gasteiger partial charge in [-0.3, -0.25) is 19.3 Å². The van der Waals surface area contributed by atoms with Gasteiger partial charge in [0.2, 0.25) is 6.41 Å². The van der Waals surface area contributed by atoms with Crippen LogP contribution in [0.2, 0.25) is 0 Å². The molecule has 1 N–H and O–H groups in total. The highest BCUT2D eigenvalue weighted by Gasteiger charge is 2.32. The zero-order chi connectivity index (χ0) is 26.5. The molecule has 3 amide bonds. The van der Waals surface area contributed by atoms with Crippen LogP contribution in [0.1, 0.15) is 29.3 Å². The predicted octanol–water partition coefficient (Wildman–Crippen LogP) is 4.99. The van der Waals surface area contributed by atoms with E-state index in [1.54, 1.807) is 30.3 Å². The van der Waals surface area contributed by atoms with Crippen molar-refractivity contribution in [3.63, 3.8) is 0 Å². The molecule has 4 rings (SSSR count). The number of hydrazone groups is 1. The smallest absolute Gasteiger partial charge is 0.277 e. The summed E-state index contributed by atoms with van der Waals surface area (Å²) in [5.74, 6) is 0.258. The Balaban J connectivity index is 1.55. The first kappa shape index (κ1) is 25.8. The molecule has 1 aliphatic rings. The average molecular weight is 517 g/mol. The molecule has 1 aliphatic heterocycles.